The molecule has 1 N–H and O–H groups in total. The molecule has 86 valence electrons. The molecule has 2 nitrogen and oxygen atoms in total. The zero-order chi connectivity index (χ0) is 11.1. The maximum atomic E-state index is 5.71. The van der Waals surface area contributed by atoms with Crippen molar-refractivity contribution >= 4 is 0 Å². The lowest BCUT2D eigenvalue weighted by Gasteiger charge is -2.46. The third kappa shape index (κ3) is 2.96. The Balaban J connectivity index is 2.50. The summed E-state index contributed by atoms with van der Waals surface area (Å²) in [7, 11) is 1.84. The minimum absolute atomic E-state index is 0.103. The smallest absolute Gasteiger partial charge is 0.0831 e. The molecule has 0 aromatic heterocycles. The zero-order valence-electron chi connectivity index (χ0n) is 10.2. The molecule has 0 aromatic carbocycles. The van der Waals surface area contributed by atoms with Crippen LogP contribution in [0.2, 0.25) is 0 Å². The van der Waals surface area contributed by atoms with Gasteiger partial charge in [0.1, 0.15) is 0 Å². The van der Waals surface area contributed by atoms with E-state index in [9.17, 15) is 0 Å². The SMILES string of the molecule is CC#CCCC(NCC)C1(OC)CCC1. The number of nitrogens with one attached hydrogen (secondary N) is 1. The van der Waals surface area contributed by atoms with Crippen LogP contribution in [-0.4, -0.2) is 25.3 Å². The first-order valence-corrected chi connectivity index (χ1v) is 5.97. The van der Waals surface area contributed by atoms with Gasteiger partial charge in [-0.15, -0.1) is 11.8 Å². The van der Waals surface area contributed by atoms with Crippen molar-refractivity contribution in [2.75, 3.05) is 13.7 Å². The molecule has 0 aromatic rings. The quantitative estimate of drug-likeness (QED) is 0.678. The summed E-state index contributed by atoms with van der Waals surface area (Å²) >= 11 is 0. The summed E-state index contributed by atoms with van der Waals surface area (Å²) in [5.41, 5.74) is 0.103. The van der Waals surface area contributed by atoms with Crippen LogP contribution in [0.25, 0.3) is 0 Å². The summed E-state index contributed by atoms with van der Waals surface area (Å²) < 4.78 is 5.71. The fourth-order valence-electron chi connectivity index (χ4n) is 2.36. The van der Waals surface area contributed by atoms with Crippen LogP contribution in [0, 0.1) is 11.8 Å². The summed E-state index contributed by atoms with van der Waals surface area (Å²) in [6, 6.07) is 0.474. The van der Waals surface area contributed by atoms with Crippen LogP contribution in [0.4, 0.5) is 0 Å². The van der Waals surface area contributed by atoms with Crippen molar-refractivity contribution in [1.29, 1.82) is 0 Å². The molecule has 0 amide bonds. The molecule has 1 unspecified atom stereocenters. The van der Waals surface area contributed by atoms with Crippen LogP contribution in [0.5, 0.6) is 0 Å². The highest BCUT2D eigenvalue weighted by Gasteiger charge is 2.43. The van der Waals surface area contributed by atoms with Gasteiger partial charge in [0.25, 0.3) is 0 Å². The standard InChI is InChI=1S/C13H23NO/c1-4-6-7-9-12(14-5-2)13(15-3)10-8-11-13/h12,14H,5,7-11H2,1-3H3. The molecule has 1 aliphatic rings. The van der Waals surface area contributed by atoms with Crippen LogP contribution in [0.1, 0.15) is 46.0 Å². The third-order valence-corrected chi connectivity index (χ3v) is 3.43. The van der Waals surface area contributed by atoms with E-state index in [2.05, 4.69) is 24.1 Å². The number of methoxy groups -OCH3 is 1. The number of hydrogen-bond donors (Lipinski definition) is 1. The minimum atomic E-state index is 0.103. The second-order valence-electron chi connectivity index (χ2n) is 4.20. The van der Waals surface area contributed by atoms with Gasteiger partial charge in [-0.3, -0.25) is 0 Å². The summed E-state index contributed by atoms with van der Waals surface area (Å²) in [6.45, 7) is 5.06. The van der Waals surface area contributed by atoms with Gasteiger partial charge in [-0.25, -0.2) is 0 Å². The molecule has 1 atom stereocenters. The summed E-state index contributed by atoms with van der Waals surface area (Å²) in [5, 5.41) is 3.54. The van der Waals surface area contributed by atoms with Crippen LogP contribution < -0.4 is 5.32 Å². The molecule has 15 heavy (non-hydrogen) atoms. The highest BCUT2D eigenvalue weighted by Crippen LogP contribution is 2.39. The molecule has 1 fully saturated rings. The maximum absolute atomic E-state index is 5.71. The van der Waals surface area contributed by atoms with Gasteiger partial charge in [-0.1, -0.05) is 6.92 Å². The average Bonchev–Trinajstić information content (AvgIpc) is 2.17. The Morgan fingerprint density at radius 3 is 2.60 bits per heavy atom. The second-order valence-corrected chi connectivity index (χ2v) is 4.20. The first-order chi connectivity index (χ1) is 7.29. The van der Waals surface area contributed by atoms with Crippen molar-refractivity contribution in [3.63, 3.8) is 0 Å². The van der Waals surface area contributed by atoms with E-state index in [1.54, 1.807) is 0 Å². The minimum Gasteiger partial charge on any atom is -0.377 e. The fraction of sp³-hybridized carbons (Fsp3) is 0.846. The van der Waals surface area contributed by atoms with Crippen molar-refractivity contribution in [2.24, 2.45) is 0 Å². The molecule has 0 radical (unpaired) electrons. The van der Waals surface area contributed by atoms with Crippen molar-refractivity contribution in [3.05, 3.63) is 0 Å². The van der Waals surface area contributed by atoms with Gasteiger partial charge >= 0.3 is 0 Å². The van der Waals surface area contributed by atoms with Crippen molar-refractivity contribution in [2.45, 2.75) is 57.6 Å². The summed E-state index contributed by atoms with van der Waals surface area (Å²) in [5.74, 6) is 6.09. The van der Waals surface area contributed by atoms with Crippen LogP contribution in [-0.2, 0) is 4.74 Å². The fourth-order valence-corrected chi connectivity index (χ4v) is 2.36. The maximum Gasteiger partial charge on any atom is 0.0831 e. The Kier molecular flexibility index (Phi) is 5.14. The molecule has 0 saturated heterocycles. The van der Waals surface area contributed by atoms with E-state index in [4.69, 9.17) is 4.74 Å². The lowest BCUT2D eigenvalue weighted by atomic mass is 9.73. The highest BCUT2D eigenvalue weighted by molar-refractivity contribution is 5.02. The van der Waals surface area contributed by atoms with Crippen LogP contribution >= 0.6 is 0 Å². The molecule has 0 heterocycles. The Hall–Kier alpha value is -0.520. The van der Waals surface area contributed by atoms with Gasteiger partial charge in [0.15, 0.2) is 0 Å². The molecule has 0 spiro atoms. The summed E-state index contributed by atoms with van der Waals surface area (Å²) in [6.07, 6.45) is 5.76. The predicted molar refractivity (Wildman–Crippen MR) is 63.7 cm³/mol. The van der Waals surface area contributed by atoms with Crippen LogP contribution in [0.3, 0.4) is 0 Å². The average molecular weight is 209 g/mol. The van der Waals surface area contributed by atoms with Gasteiger partial charge in [0.05, 0.1) is 5.60 Å². The van der Waals surface area contributed by atoms with E-state index < -0.39 is 0 Å². The van der Waals surface area contributed by atoms with E-state index in [1.165, 1.54) is 19.3 Å². The van der Waals surface area contributed by atoms with Crippen molar-refractivity contribution in [3.8, 4) is 11.8 Å². The normalized spacial score (nSPS) is 19.9. The molecule has 0 bridgehead atoms. The van der Waals surface area contributed by atoms with Gasteiger partial charge in [0.2, 0.25) is 0 Å². The molecule has 0 aliphatic heterocycles. The Morgan fingerprint density at radius 1 is 1.47 bits per heavy atom. The first-order valence-electron chi connectivity index (χ1n) is 5.97. The summed E-state index contributed by atoms with van der Waals surface area (Å²) in [4.78, 5) is 0. The van der Waals surface area contributed by atoms with Gasteiger partial charge in [-0.05, 0) is 39.2 Å². The third-order valence-electron chi connectivity index (χ3n) is 3.43. The second kappa shape index (κ2) is 6.15. The van der Waals surface area contributed by atoms with Crippen LogP contribution in [0.15, 0.2) is 0 Å². The number of hydrogen-bond acceptors (Lipinski definition) is 2. The molecule has 1 aliphatic carbocycles. The first kappa shape index (κ1) is 12.5. The predicted octanol–water partition coefficient (Wildman–Crippen LogP) is 2.34. The number of ether oxygens (including phenoxy) is 1. The molecule has 2 heteroatoms. The molecule has 1 rings (SSSR count). The molecular weight excluding hydrogens is 186 g/mol. The Morgan fingerprint density at radius 2 is 2.20 bits per heavy atom. The van der Waals surface area contributed by atoms with Gasteiger partial charge < -0.3 is 10.1 Å². The Labute approximate surface area is 93.8 Å². The highest BCUT2D eigenvalue weighted by atomic mass is 16.5. The molecular formula is C13H23NO. The van der Waals surface area contributed by atoms with Crippen molar-refractivity contribution < 1.29 is 4.74 Å². The zero-order valence-corrected chi connectivity index (χ0v) is 10.2. The van der Waals surface area contributed by atoms with E-state index in [-0.39, 0.29) is 5.60 Å². The van der Waals surface area contributed by atoms with Crippen molar-refractivity contribution in [1.82, 2.24) is 5.32 Å². The number of rotatable bonds is 6. The Bertz CT molecular complexity index is 229. The largest absolute Gasteiger partial charge is 0.377 e. The van der Waals surface area contributed by atoms with E-state index in [0.29, 0.717) is 6.04 Å². The molecule has 1 saturated carbocycles. The van der Waals surface area contributed by atoms with Gasteiger partial charge in [0, 0.05) is 19.6 Å². The number of likely N-dealkylation sites (N-methyl/N-ethyl adjacent to an activating group) is 1. The van der Waals surface area contributed by atoms with Gasteiger partial charge in [-0.2, -0.15) is 0 Å². The lowest BCUT2D eigenvalue weighted by molar-refractivity contribution is -0.0993. The van der Waals surface area contributed by atoms with E-state index in [0.717, 1.165) is 19.4 Å². The lowest BCUT2D eigenvalue weighted by Crippen LogP contribution is -2.56. The monoisotopic (exact) mass is 209 g/mol. The van der Waals surface area contributed by atoms with E-state index >= 15 is 0 Å². The topological polar surface area (TPSA) is 21.3 Å². The van der Waals surface area contributed by atoms with E-state index in [1.807, 2.05) is 14.0 Å².